The van der Waals surface area contributed by atoms with Crippen LogP contribution in [0.5, 0.6) is 0 Å². The summed E-state index contributed by atoms with van der Waals surface area (Å²) in [5.41, 5.74) is 8.58. The van der Waals surface area contributed by atoms with Gasteiger partial charge >= 0.3 is 0 Å². The summed E-state index contributed by atoms with van der Waals surface area (Å²) in [4.78, 5) is 2.43. The van der Waals surface area contributed by atoms with Gasteiger partial charge in [-0.05, 0) is 50.5 Å². The predicted octanol–water partition coefficient (Wildman–Crippen LogP) is 3.47. The Morgan fingerprint density at radius 3 is 2.68 bits per heavy atom. The molecule has 0 radical (unpaired) electrons. The lowest BCUT2D eigenvalue weighted by atomic mass is 10.0. The Morgan fingerprint density at radius 2 is 2.11 bits per heavy atom. The maximum absolute atomic E-state index is 6.09. The van der Waals surface area contributed by atoms with Crippen molar-refractivity contribution in [3.8, 4) is 0 Å². The highest BCUT2D eigenvalue weighted by molar-refractivity contribution is 9.10. The van der Waals surface area contributed by atoms with E-state index < -0.39 is 0 Å². The zero-order valence-electron chi connectivity index (χ0n) is 11.7. The SMILES string of the molecule is CCOC1CCN(c2ccc(Br)cc2C(C)N)CC1. The molecule has 4 heteroatoms. The Labute approximate surface area is 124 Å². The number of piperidine rings is 1. The molecule has 1 heterocycles. The summed E-state index contributed by atoms with van der Waals surface area (Å²) in [5, 5.41) is 0. The Balaban J connectivity index is 2.11. The molecule has 1 atom stereocenters. The van der Waals surface area contributed by atoms with Crippen LogP contribution in [0.3, 0.4) is 0 Å². The maximum atomic E-state index is 6.09. The number of nitrogens with two attached hydrogens (primary N) is 1. The first-order chi connectivity index (χ1) is 9.11. The summed E-state index contributed by atoms with van der Waals surface area (Å²) in [6.07, 6.45) is 2.63. The van der Waals surface area contributed by atoms with Crippen LogP contribution in [0.15, 0.2) is 22.7 Å². The number of nitrogens with zero attached hydrogens (tertiary/aromatic N) is 1. The van der Waals surface area contributed by atoms with Crippen molar-refractivity contribution in [3.63, 3.8) is 0 Å². The molecule has 0 saturated carbocycles. The zero-order valence-corrected chi connectivity index (χ0v) is 13.3. The van der Waals surface area contributed by atoms with Crippen molar-refractivity contribution < 1.29 is 4.74 Å². The van der Waals surface area contributed by atoms with Crippen LogP contribution in [0.2, 0.25) is 0 Å². The predicted molar refractivity (Wildman–Crippen MR) is 83.6 cm³/mol. The van der Waals surface area contributed by atoms with Crippen LogP contribution in [0.1, 0.15) is 38.3 Å². The molecule has 2 N–H and O–H groups in total. The van der Waals surface area contributed by atoms with E-state index in [9.17, 15) is 0 Å². The number of ether oxygens (including phenoxy) is 1. The molecule has 1 aliphatic rings. The van der Waals surface area contributed by atoms with Crippen LogP contribution in [0, 0.1) is 0 Å². The Kier molecular flexibility index (Phi) is 5.25. The normalized spacial score (nSPS) is 18.6. The van der Waals surface area contributed by atoms with E-state index in [1.54, 1.807) is 0 Å². The molecule has 106 valence electrons. The number of halogens is 1. The molecule has 1 aliphatic heterocycles. The Bertz CT molecular complexity index is 415. The van der Waals surface area contributed by atoms with Crippen molar-refractivity contribution in [3.05, 3.63) is 28.2 Å². The van der Waals surface area contributed by atoms with Gasteiger partial charge in [0, 0.05) is 35.9 Å². The summed E-state index contributed by atoms with van der Waals surface area (Å²) >= 11 is 3.52. The van der Waals surface area contributed by atoms with Gasteiger partial charge in [-0.2, -0.15) is 0 Å². The first-order valence-corrected chi connectivity index (χ1v) is 7.82. The lowest BCUT2D eigenvalue weighted by Crippen LogP contribution is -2.37. The van der Waals surface area contributed by atoms with E-state index in [2.05, 4.69) is 46.0 Å². The van der Waals surface area contributed by atoms with Gasteiger partial charge in [-0.15, -0.1) is 0 Å². The third-order valence-electron chi connectivity index (χ3n) is 3.67. The highest BCUT2D eigenvalue weighted by atomic mass is 79.9. The lowest BCUT2D eigenvalue weighted by molar-refractivity contribution is 0.0459. The van der Waals surface area contributed by atoms with E-state index in [0.29, 0.717) is 6.10 Å². The van der Waals surface area contributed by atoms with Gasteiger partial charge in [0.2, 0.25) is 0 Å². The third-order valence-corrected chi connectivity index (χ3v) is 4.16. The fourth-order valence-electron chi connectivity index (χ4n) is 2.68. The summed E-state index contributed by atoms with van der Waals surface area (Å²) in [5.74, 6) is 0. The molecule has 0 bridgehead atoms. The number of hydrogen-bond donors (Lipinski definition) is 1. The highest BCUT2D eigenvalue weighted by Gasteiger charge is 2.21. The van der Waals surface area contributed by atoms with Gasteiger partial charge in [0.1, 0.15) is 0 Å². The molecule has 0 aliphatic carbocycles. The average molecular weight is 327 g/mol. The molecule has 0 aromatic heterocycles. The Hall–Kier alpha value is -0.580. The van der Waals surface area contributed by atoms with Crippen molar-refractivity contribution >= 4 is 21.6 Å². The van der Waals surface area contributed by atoms with Gasteiger partial charge in [0.15, 0.2) is 0 Å². The van der Waals surface area contributed by atoms with Gasteiger partial charge in [0.05, 0.1) is 6.10 Å². The van der Waals surface area contributed by atoms with E-state index in [1.165, 1.54) is 11.3 Å². The Morgan fingerprint density at radius 1 is 1.42 bits per heavy atom. The molecule has 1 saturated heterocycles. The zero-order chi connectivity index (χ0) is 13.8. The molecule has 1 aromatic rings. The first kappa shape index (κ1) is 14.8. The number of rotatable bonds is 4. The molecule has 0 amide bonds. The first-order valence-electron chi connectivity index (χ1n) is 7.03. The fourth-order valence-corrected chi connectivity index (χ4v) is 3.06. The minimum Gasteiger partial charge on any atom is -0.378 e. The molecule has 1 aromatic carbocycles. The second kappa shape index (κ2) is 6.73. The van der Waals surface area contributed by atoms with Crippen molar-refractivity contribution in [2.75, 3.05) is 24.6 Å². The topological polar surface area (TPSA) is 38.5 Å². The number of anilines is 1. The van der Waals surface area contributed by atoms with Crippen LogP contribution in [0.25, 0.3) is 0 Å². The van der Waals surface area contributed by atoms with Crippen molar-refractivity contribution in [1.29, 1.82) is 0 Å². The van der Waals surface area contributed by atoms with Crippen LogP contribution in [0.4, 0.5) is 5.69 Å². The quantitative estimate of drug-likeness (QED) is 0.920. The fraction of sp³-hybridized carbons (Fsp3) is 0.600. The molecular formula is C15H23BrN2O. The minimum absolute atomic E-state index is 0.0529. The molecule has 2 rings (SSSR count). The van der Waals surface area contributed by atoms with E-state index in [4.69, 9.17) is 10.5 Å². The second-order valence-corrected chi connectivity index (χ2v) is 6.05. The summed E-state index contributed by atoms with van der Waals surface area (Å²) in [6.45, 7) is 7.01. The molecule has 1 fully saturated rings. The van der Waals surface area contributed by atoms with Gasteiger partial charge in [-0.25, -0.2) is 0 Å². The molecule has 3 nitrogen and oxygen atoms in total. The largest absolute Gasteiger partial charge is 0.378 e. The van der Waals surface area contributed by atoms with Crippen LogP contribution >= 0.6 is 15.9 Å². The summed E-state index contributed by atoms with van der Waals surface area (Å²) in [7, 11) is 0. The smallest absolute Gasteiger partial charge is 0.0608 e. The van der Waals surface area contributed by atoms with Gasteiger partial charge in [0.25, 0.3) is 0 Å². The van der Waals surface area contributed by atoms with Gasteiger partial charge in [-0.3, -0.25) is 0 Å². The second-order valence-electron chi connectivity index (χ2n) is 5.13. The molecule has 0 spiro atoms. The van der Waals surface area contributed by atoms with Crippen molar-refractivity contribution in [1.82, 2.24) is 0 Å². The molecular weight excluding hydrogens is 304 g/mol. The highest BCUT2D eigenvalue weighted by Crippen LogP contribution is 2.30. The molecule has 19 heavy (non-hydrogen) atoms. The van der Waals surface area contributed by atoms with E-state index >= 15 is 0 Å². The van der Waals surface area contributed by atoms with Crippen LogP contribution < -0.4 is 10.6 Å². The number of hydrogen-bond acceptors (Lipinski definition) is 3. The van der Waals surface area contributed by atoms with E-state index in [1.807, 2.05) is 6.92 Å². The summed E-state index contributed by atoms with van der Waals surface area (Å²) < 4.78 is 6.80. The van der Waals surface area contributed by atoms with Crippen molar-refractivity contribution in [2.45, 2.75) is 38.8 Å². The van der Waals surface area contributed by atoms with E-state index in [0.717, 1.165) is 37.0 Å². The monoisotopic (exact) mass is 326 g/mol. The molecule has 1 unspecified atom stereocenters. The maximum Gasteiger partial charge on any atom is 0.0608 e. The van der Waals surface area contributed by atoms with E-state index in [-0.39, 0.29) is 6.04 Å². The summed E-state index contributed by atoms with van der Waals surface area (Å²) in [6, 6.07) is 6.45. The third kappa shape index (κ3) is 3.71. The average Bonchev–Trinajstić information content (AvgIpc) is 2.40. The van der Waals surface area contributed by atoms with Crippen LogP contribution in [-0.2, 0) is 4.74 Å². The standard InChI is InChI=1S/C15H23BrN2O/c1-3-19-13-6-8-18(9-7-13)15-5-4-12(16)10-14(15)11(2)17/h4-5,10-11,13H,3,6-9,17H2,1-2H3. The van der Waals surface area contributed by atoms with Crippen molar-refractivity contribution in [2.24, 2.45) is 5.73 Å². The van der Waals surface area contributed by atoms with Gasteiger partial charge < -0.3 is 15.4 Å². The van der Waals surface area contributed by atoms with Gasteiger partial charge in [-0.1, -0.05) is 15.9 Å². The lowest BCUT2D eigenvalue weighted by Gasteiger charge is -2.35. The minimum atomic E-state index is 0.0529. The van der Waals surface area contributed by atoms with Crippen LogP contribution in [-0.4, -0.2) is 25.8 Å². The number of benzene rings is 1.